The number of nitrogens with zero attached hydrogens (tertiary/aromatic N) is 1. The lowest BCUT2D eigenvalue weighted by molar-refractivity contribution is -0.385. The lowest BCUT2D eigenvalue weighted by Gasteiger charge is -2.09. The lowest BCUT2D eigenvalue weighted by atomic mass is 10.2. The first kappa shape index (κ1) is 19.6. The summed E-state index contributed by atoms with van der Waals surface area (Å²) >= 11 is 3.00. The molecule has 1 aromatic rings. The van der Waals surface area contributed by atoms with Gasteiger partial charge in [-0.05, 0) is 41.9 Å². The number of hydrogen-bond acceptors (Lipinski definition) is 6. The molecular formula is C14H16BrN3O6. The number of hydrogen-bond donors (Lipinski definition) is 2. The summed E-state index contributed by atoms with van der Waals surface area (Å²) in [4.78, 5) is 44.8. The molecule has 0 fully saturated rings. The van der Waals surface area contributed by atoms with Gasteiger partial charge in [0.2, 0.25) is 5.91 Å². The normalized spacial score (nSPS) is 10.2. The molecule has 0 radical (unpaired) electrons. The zero-order valence-corrected chi connectivity index (χ0v) is 14.6. The summed E-state index contributed by atoms with van der Waals surface area (Å²) in [5, 5.41) is 15.7. The van der Waals surface area contributed by atoms with Crippen molar-refractivity contribution in [3.8, 4) is 0 Å². The zero-order chi connectivity index (χ0) is 18.3. The Balaban J connectivity index is 2.51. The molecule has 2 amide bonds. The Labute approximate surface area is 146 Å². The first-order valence-electron chi connectivity index (χ1n) is 6.87. The molecule has 0 atom stereocenters. The van der Waals surface area contributed by atoms with E-state index in [9.17, 15) is 24.5 Å². The Morgan fingerprint density at radius 2 is 1.96 bits per heavy atom. The van der Waals surface area contributed by atoms with Crippen molar-refractivity contribution in [2.75, 3.05) is 13.2 Å². The smallest absolute Gasteiger partial charge is 0.338 e. The van der Waals surface area contributed by atoms with E-state index in [1.54, 1.807) is 13.8 Å². The minimum absolute atomic E-state index is 0.0552. The highest BCUT2D eigenvalue weighted by Gasteiger charge is 2.17. The number of carbonyl (C=O) groups is 3. The van der Waals surface area contributed by atoms with E-state index in [0.717, 1.165) is 6.07 Å². The van der Waals surface area contributed by atoms with Crippen LogP contribution in [0.5, 0.6) is 0 Å². The summed E-state index contributed by atoms with van der Waals surface area (Å²) in [6.07, 6.45) is 0. The van der Waals surface area contributed by atoms with E-state index >= 15 is 0 Å². The van der Waals surface area contributed by atoms with E-state index in [2.05, 4.69) is 26.6 Å². The third-order valence-corrected chi connectivity index (χ3v) is 3.28. The largest absolute Gasteiger partial charge is 0.452 e. The Hall–Kier alpha value is -2.49. The summed E-state index contributed by atoms with van der Waals surface area (Å²) in [6.45, 7) is 2.72. The Bertz CT molecular complexity index is 662. The highest BCUT2D eigenvalue weighted by Crippen LogP contribution is 2.25. The van der Waals surface area contributed by atoms with Crippen molar-refractivity contribution in [2.45, 2.75) is 19.9 Å². The van der Waals surface area contributed by atoms with Gasteiger partial charge in [0.1, 0.15) is 0 Å². The molecule has 0 saturated heterocycles. The fourth-order valence-electron chi connectivity index (χ4n) is 1.60. The molecule has 1 aromatic carbocycles. The van der Waals surface area contributed by atoms with Crippen LogP contribution < -0.4 is 10.6 Å². The predicted octanol–water partition coefficient (Wildman–Crippen LogP) is 1.15. The predicted molar refractivity (Wildman–Crippen MR) is 87.4 cm³/mol. The van der Waals surface area contributed by atoms with Crippen LogP contribution in [-0.2, 0) is 14.3 Å². The molecular weight excluding hydrogens is 386 g/mol. The maximum atomic E-state index is 11.8. The van der Waals surface area contributed by atoms with Crippen molar-refractivity contribution >= 4 is 39.4 Å². The molecule has 0 heterocycles. The van der Waals surface area contributed by atoms with Gasteiger partial charge < -0.3 is 15.4 Å². The first-order valence-corrected chi connectivity index (χ1v) is 7.67. The summed E-state index contributed by atoms with van der Waals surface area (Å²) in [5.41, 5.74) is -0.352. The molecule has 24 heavy (non-hydrogen) atoms. The summed E-state index contributed by atoms with van der Waals surface area (Å²) < 4.78 is 4.98. The molecule has 0 aromatic heterocycles. The quantitative estimate of drug-likeness (QED) is 0.400. The minimum Gasteiger partial charge on any atom is -0.452 e. The van der Waals surface area contributed by atoms with Crippen LogP contribution >= 0.6 is 15.9 Å². The fraction of sp³-hybridized carbons (Fsp3) is 0.357. The monoisotopic (exact) mass is 401 g/mol. The van der Waals surface area contributed by atoms with Crippen molar-refractivity contribution in [1.29, 1.82) is 0 Å². The van der Waals surface area contributed by atoms with Crippen LogP contribution in [0.3, 0.4) is 0 Å². The van der Waals surface area contributed by atoms with Crippen LogP contribution in [0.1, 0.15) is 24.2 Å². The zero-order valence-electron chi connectivity index (χ0n) is 13.0. The average molecular weight is 402 g/mol. The summed E-state index contributed by atoms with van der Waals surface area (Å²) in [7, 11) is 0. The molecule has 10 heteroatoms. The van der Waals surface area contributed by atoms with Gasteiger partial charge in [-0.1, -0.05) is 0 Å². The molecule has 2 N–H and O–H groups in total. The van der Waals surface area contributed by atoms with E-state index in [4.69, 9.17) is 4.74 Å². The highest BCUT2D eigenvalue weighted by atomic mass is 79.9. The van der Waals surface area contributed by atoms with Crippen molar-refractivity contribution in [3.05, 3.63) is 38.3 Å². The highest BCUT2D eigenvalue weighted by molar-refractivity contribution is 9.10. The second-order valence-electron chi connectivity index (χ2n) is 5.00. The number of carbonyl (C=O) groups excluding carboxylic acids is 3. The molecule has 0 unspecified atom stereocenters. The van der Waals surface area contributed by atoms with Gasteiger partial charge in [-0.2, -0.15) is 0 Å². The number of esters is 1. The topological polar surface area (TPSA) is 128 Å². The fourth-order valence-corrected chi connectivity index (χ4v) is 1.99. The van der Waals surface area contributed by atoms with Gasteiger partial charge in [0.25, 0.3) is 11.6 Å². The Kier molecular flexibility index (Phi) is 7.31. The number of nitro benzene ring substituents is 1. The van der Waals surface area contributed by atoms with Gasteiger partial charge in [-0.25, -0.2) is 4.79 Å². The standard InChI is InChI=1S/C14H16BrN3O6/c1-8(2)17-12(19)6-16-13(20)7-24-14(21)9-3-4-10(15)11(5-9)18(22)23/h3-5,8H,6-7H2,1-2H3,(H,16,20)(H,17,19). The third-order valence-electron chi connectivity index (χ3n) is 2.61. The molecule has 130 valence electrons. The SMILES string of the molecule is CC(C)NC(=O)CNC(=O)COC(=O)c1ccc(Br)c([N+](=O)[O-])c1. The number of halogens is 1. The van der Waals surface area contributed by atoms with Gasteiger partial charge in [-0.15, -0.1) is 0 Å². The summed E-state index contributed by atoms with van der Waals surface area (Å²) in [5.74, 6) is -1.91. The van der Waals surface area contributed by atoms with Crippen LogP contribution in [0.4, 0.5) is 5.69 Å². The first-order chi connectivity index (χ1) is 11.2. The molecule has 0 saturated carbocycles. The third kappa shape index (κ3) is 6.32. The molecule has 0 bridgehead atoms. The summed E-state index contributed by atoms with van der Waals surface area (Å²) in [6, 6.07) is 3.65. The molecule has 0 aliphatic rings. The minimum atomic E-state index is -0.882. The van der Waals surface area contributed by atoms with Gasteiger partial charge in [0.05, 0.1) is 21.5 Å². The van der Waals surface area contributed by atoms with Crippen molar-refractivity contribution < 1.29 is 24.0 Å². The molecule has 0 aliphatic carbocycles. The van der Waals surface area contributed by atoms with Gasteiger partial charge in [0, 0.05) is 12.1 Å². The van der Waals surface area contributed by atoms with Crippen molar-refractivity contribution in [1.82, 2.24) is 10.6 Å². The van der Waals surface area contributed by atoms with E-state index in [1.807, 2.05) is 0 Å². The maximum absolute atomic E-state index is 11.8. The number of benzene rings is 1. The van der Waals surface area contributed by atoms with Crippen LogP contribution in [0, 0.1) is 10.1 Å². The number of nitro groups is 1. The maximum Gasteiger partial charge on any atom is 0.338 e. The molecule has 0 spiro atoms. The Morgan fingerprint density at radius 3 is 2.54 bits per heavy atom. The van der Waals surface area contributed by atoms with Crippen molar-refractivity contribution in [3.63, 3.8) is 0 Å². The number of amides is 2. The van der Waals surface area contributed by atoms with Crippen molar-refractivity contribution in [2.24, 2.45) is 0 Å². The van der Waals surface area contributed by atoms with Crippen LogP contribution in [0.25, 0.3) is 0 Å². The number of nitrogens with one attached hydrogen (secondary N) is 2. The molecule has 0 aliphatic heterocycles. The average Bonchev–Trinajstić information content (AvgIpc) is 2.50. The lowest BCUT2D eigenvalue weighted by Crippen LogP contribution is -2.41. The molecule has 9 nitrogen and oxygen atoms in total. The van der Waals surface area contributed by atoms with Gasteiger partial charge >= 0.3 is 5.97 Å². The van der Waals surface area contributed by atoms with Gasteiger partial charge in [-0.3, -0.25) is 19.7 Å². The number of ether oxygens (including phenoxy) is 1. The van der Waals surface area contributed by atoms with Crippen LogP contribution in [0.15, 0.2) is 22.7 Å². The van der Waals surface area contributed by atoms with E-state index < -0.39 is 23.4 Å². The molecule has 1 rings (SSSR count). The van der Waals surface area contributed by atoms with Gasteiger partial charge in [0.15, 0.2) is 6.61 Å². The van der Waals surface area contributed by atoms with E-state index in [1.165, 1.54) is 12.1 Å². The Morgan fingerprint density at radius 1 is 1.29 bits per heavy atom. The van der Waals surface area contributed by atoms with Crippen LogP contribution in [0.2, 0.25) is 0 Å². The van der Waals surface area contributed by atoms with Crippen LogP contribution in [-0.4, -0.2) is 41.9 Å². The second-order valence-corrected chi connectivity index (χ2v) is 5.85. The number of rotatable bonds is 7. The second kappa shape index (κ2) is 8.96. The van der Waals surface area contributed by atoms with E-state index in [0.29, 0.717) is 0 Å². The van der Waals surface area contributed by atoms with E-state index in [-0.39, 0.29) is 34.2 Å².